The fraction of sp³-hybridized carbons (Fsp3) is 0.417. The third-order valence-electron chi connectivity index (χ3n) is 2.17. The Morgan fingerprint density at radius 1 is 1.39 bits per heavy atom. The van der Waals surface area contributed by atoms with Gasteiger partial charge in [0.1, 0.15) is 5.56 Å². The van der Waals surface area contributed by atoms with Gasteiger partial charge < -0.3 is 15.2 Å². The van der Waals surface area contributed by atoms with Crippen LogP contribution in [0, 0.1) is 0 Å². The third kappa shape index (κ3) is 3.77. The van der Waals surface area contributed by atoms with Gasteiger partial charge in [-0.2, -0.15) is 0 Å². The van der Waals surface area contributed by atoms with Gasteiger partial charge in [-0.3, -0.25) is 4.79 Å². The van der Waals surface area contributed by atoms with E-state index < -0.39 is 11.5 Å². The molecule has 1 amide bonds. The molecule has 1 aromatic carbocycles. The first-order valence-electron chi connectivity index (χ1n) is 5.29. The molecule has 0 saturated heterocycles. The fourth-order valence-corrected chi connectivity index (χ4v) is 1.80. The molecule has 100 valence electrons. The molecular weight excluding hydrogens is 277 g/mol. The first kappa shape index (κ1) is 15.1. The van der Waals surface area contributed by atoms with Crippen LogP contribution in [-0.2, 0) is 0 Å². The maximum atomic E-state index is 12.0. The van der Waals surface area contributed by atoms with Crippen LogP contribution in [0.4, 0.5) is 0 Å². The molecule has 0 aliphatic rings. The number of ether oxygens (including phenoxy) is 1. The molecule has 0 spiro atoms. The summed E-state index contributed by atoms with van der Waals surface area (Å²) in [6.45, 7) is 3.27. The second kappa shape index (κ2) is 5.78. The first-order chi connectivity index (χ1) is 8.26. The molecule has 0 unspecified atom stereocenters. The highest BCUT2D eigenvalue weighted by Gasteiger charge is 2.21. The Labute approximate surface area is 116 Å². The molecule has 0 bridgehead atoms. The monoisotopic (exact) mass is 291 g/mol. The van der Waals surface area contributed by atoms with Crippen molar-refractivity contribution in [1.29, 1.82) is 0 Å². The average Bonchev–Trinajstić information content (AvgIpc) is 2.27. The van der Waals surface area contributed by atoms with E-state index in [9.17, 15) is 9.90 Å². The Hall–Kier alpha value is -0.970. The number of nitrogens with one attached hydrogen (secondary N) is 1. The smallest absolute Gasteiger partial charge is 0.256 e. The van der Waals surface area contributed by atoms with Crippen LogP contribution in [0.15, 0.2) is 12.1 Å². The van der Waals surface area contributed by atoms with Gasteiger partial charge in [0.25, 0.3) is 5.91 Å². The van der Waals surface area contributed by atoms with E-state index >= 15 is 0 Å². The van der Waals surface area contributed by atoms with E-state index in [0.717, 1.165) is 0 Å². The van der Waals surface area contributed by atoms with Crippen LogP contribution in [0.5, 0.6) is 5.75 Å². The number of carbonyl (C=O) groups is 1. The summed E-state index contributed by atoms with van der Waals surface area (Å²) >= 11 is 11.9. The van der Waals surface area contributed by atoms with Crippen molar-refractivity contribution in [3.63, 3.8) is 0 Å². The third-order valence-corrected chi connectivity index (χ3v) is 2.78. The number of carbonyl (C=O) groups excluding carboxylic acids is 1. The second-order valence-corrected chi connectivity index (χ2v) is 5.25. The van der Waals surface area contributed by atoms with Gasteiger partial charge in [0.05, 0.1) is 22.8 Å². The van der Waals surface area contributed by atoms with Crippen LogP contribution in [-0.4, -0.2) is 30.3 Å². The Morgan fingerprint density at radius 2 is 1.94 bits per heavy atom. The molecule has 0 radical (unpaired) electrons. The lowest BCUT2D eigenvalue weighted by Crippen LogP contribution is -2.38. The molecule has 6 heteroatoms. The number of benzene rings is 1. The molecule has 18 heavy (non-hydrogen) atoms. The van der Waals surface area contributed by atoms with Crippen molar-refractivity contribution in [1.82, 2.24) is 5.32 Å². The molecule has 1 rings (SSSR count). The number of hydrogen-bond donors (Lipinski definition) is 2. The molecule has 0 atom stereocenters. The second-order valence-electron chi connectivity index (χ2n) is 4.43. The zero-order chi connectivity index (χ0) is 13.9. The predicted molar refractivity (Wildman–Crippen MR) is 71.6 cm³/mol. The molecule has 0 aromatic heterocycles. The van der Waals surface area contributed by atoms with Gasteiger partial charge in [0.2, 0.25) is 0 Å². The molecule has 0 aliphatic heterocycles. The van der Waals surface area contributed by atoms with E-state index in [-0.39, 0.29) is 22.9 Å². The van der Waals surface area contributed by atoms with E-state index in [1.807, 2.05) is 0 Å². The molecule has 0 heterocycles. The van der Waals surface area contributed by atoms with Crippen LogP contribution >= 0.6 is 23.2 Å². The number of hydrogen-bond acceptors (Lipinski definition) is 3. The van der Waals surface area contributed by atoms with Crippen molar-refractivity contribution in [2.75, 3.05) is 13.7 Å². The average molecular weight is 292 g/mol. The number of amides is 1. The van der Waals surface area contributed by atoms with Crippen molar-refractivity contribution in [2.45, 2.75) is 19.4 Å². The Kier molecular flexibility index (Phi) is 4.85. The summed E-state index contributed by atoms with van der Waals surface area (Å²) in [7, 11) is 1.41. The van der Waals surface area contributed by atoms with E-state index in [1.54, 1.807) is 19.9 Å². The number of halogens is 2. The topological polar surface area (TPSA) is 58.6 Å². The maximum absolute atomic E-state index is 12.0. The Bertz CT molecular complexity index is 455. The van der Waals surface area contributed by atoms with Gasteiger partial charge >= 0.3 is 0 Å². The van der Waals surface area contributed by atoms with Crippen molar-refractivity contribution in [3.8, 4) is 5.75 Å². The SMILES string of the molecule is COc1c(Cl)ccc(Cl)c1C(=O)NCC(C)(C)O. The minimum Gasteiger partial charge on any atom is -0.494 e. The molecule has 2 N–H and O–H groups in total. The number of rotatable bonds is 4. The van der Waals surface area contributed by atoms with Crippen molar-refractivity contribution in [3.05, 3.63) is 27.7 Å². The van der Waals surface area contributed by atoms with Gasteiger partial charge in [-0.25, -0.2) is 0 Å². The highest BCUT2D eigenvalue weighted by Crippen LogP contribution is 2.33. The van der Waals surface area contributed by atoms with Crippen LogP contribution < -0.4 is 10.1 Å². The molecule has 0 saturated carbocycles. The van der Waals surface area contributed by atoms with Gasteiger partial charge in [-0.05, 0) is 26.0 Å². The van der Waals surface area contributed by atoms with Crippen LogP contribution in [0.2, 0.25) is 10.0 Å². The van der Waals surface area contributed by atoms with Crippen molar-refractivity contribution >= 4 is 29.1 Å². The summed E-state index contributed by atoms with van der Waals surface area (Å²) in [4.78, 5) is 12.0. The minimum absolute atomic E-state index is 0.0951. The van der Waals surface area contributed by atoms with E-state index in [0.29, 0.717) is 5.02 Å². The summed E-state index contributed by atoms with van der Waals surface area (Å²) in [6.07, 6.45) is 0. The lowest BCUT2D eigenvalue weighted by molar-refractivity contribution is 0.0693. The highest BCUT2D eigenvalue weighted by atomic mass is 35.5. The van der Waals surface area contributed by atoms with Crippen LogP contribution in [0.1, 0.15) is 24.2 Å². The number of aliphatic hydroxyl groups is 1. The molecule has 4 nitrogen and oxygen atoms in total. The fourth-order valence-electron chi connectivity index (χ4n) is 1.33. The van der Waals surface area contributed by atoms with Gasteiger partial charge in [0.15, 0.2) is 5.75 Å². The summed E-state index contributed by atoms with van der Waals surface area (Å²) in [5, 5.41) is 12.7. The highest BCUT2D eigenvalue weighted by molar-refractivity contribution is 6.37. The lowest BCUT2D eigenvalue weighted by atomic mass is 10.1. The Balaban J connectivity index is 3.02. The lowest BCUT2D eigenvalue weighted by Gasteiger charge is -2.19. The summed E-state index contributed by atoms with van der Waals surface area (Å²) < 4.78 is 5.07. The van der Waals surface area contributed by atoms with Gasteiger partial charge in [-0.1, -0.05) is 23.2 Å². The van der Waals surface area contributed by atoms with Crippen molar-refractivity contribution < 1.29 is 14.6 Å². The van der Waals surface area contributed by atoms with E-state index in [2.05, 4.69) is 5.32 Å². The standard InChI is InChI=1S/C12H15Cl2NO3/c1-12(2,17)6-15-11(16)9-7(13)4-5-8(14)10(9)18-3/h4-5,17H,6H2,1-3H3,(H,15,16). The van der Waals surface area contributed by atoms with E-state index in [4.69, 9.17) is 27.9 Å². The first-order valence-corrected chi connectivity index (χ1v) is 6.04. The zero-order valence-electron chi connectivity index (χ0n) is 10.4. The summed E-state index contributed by atoms with van der Waals surface area (Å²) in [6, 6.07) is 3.07. The molecule has 1 aromatic rings. The van der Waals surface area contributed by atoms with Gasteiger partial charge in [-0.15, -0.1) is 0 Å². The van der Waals surface area contributed by atoms with E-state index in [1.165, 1.54) is 13.2 Å². The van der Waals surface area contributed by atoms with Gasteiger partial charge in [0, 0.05) is 6.54 Å². The summed E-state index contributed by atoms with van der Waals surface area (Å²) in [5.41, 5.74) is -0.843. The normalized spacial score (nSPS) is 11.2. The quantitative estimate of drug-likeness (QED) is 0.896. The maximum Gasteiger partial charge on any atom is 0.256 e. The van der Waals surface area contributed by atoms with Crippen LogP contribution in [0.3, 0.4) is 0 Å². The zero-order valence-corrected chi connectivity index (χ0v) is 11.9. The molecule has 0 fully saturated rings. The molecular formula is C12H15Cl2NO3. The van der Waals surface area contributed by atoms with Crippen LogP contribution in [0.25, 0.3) is 0 Å². The van der Waals surface area contributed by atoms with Crippen molar-refractivity contribution in [2.24, 2.45) is 0 Å². The predicted octanol–water partition coefficient (Wildman–Crippen LogP) is 2.50. The molecule has 0 aliphatic carbocycles. The Morgan fingerprint density at radius 3 is 2.44 bits per heavy atom. The summed E-state index contributed by atoms with van der Waals surface area (Å²) in [5.74, 6) is -0.223. The number of methoxy groups -OCH3 is 1. The largest absolute Gasteiger partial charge is 0.494 e. The minimum atomic E-state index is -1.01.